The Labute approximate surface area is 97.8 Å². The van der Waals surface area contributed by atoms with Crippen LogP contribution in [-0.4, -0.2) is 23.0 Å². The van der Waals surface area contributed by atoms with Gasteiger partial charge in [-0.3, -0.25) is 4.68 Å². The average molecular weight is 222 g/mol. The first-order chi connectivity index (χ1) is 7.63. The van der Waals surface area contributed by atoms with Gasteiger partial charge in [0.2, 0.25) is 0 Å². The van der Waals surface area contributed by atoms with Crippen molar-refractivity contribution in [1.82, 2.24) is 9.78 Å². The number of nitrogens with zero attached hydrogens (tertiary/aromatic N) is 2. The lowest BCUT2D eigenvalue weighted by Gasteiger charge is -2.23. The standard InChI is InChI=1S/C13H22N2O/c1-4-13(2,3)11-9-14-15(10-11)12-5-7-16-8-6-12/h9-10,12H,4-8H2,1-3H3. The monoisotopic (exact) mass is 222 g/mol. The molecular formula is C13H22N2O. The van der Waals surface area contributed by atoms with E-state index in [1.54, 1.807) is 0 Å². The summed E-state index contributed by atoms with van der Waals surface area (Å²) in [4.78, 5) is 0. The first-order valence-electron chi connectivity index (χ1n) is 6.26. The second-order valence-corrected chi connectivity index (χ2v) is 5.29. The van der Waals surface area contributed by atoms with Crippen molar-refractivity contribution >= 4 is 0 Å². The van der Waals surface area contributed by atoms with E-state index < -0.39 is 0 Å². The zero-order chi connectivity index (χ0) is 11.6. The highest BCUT2D eigenvalue weighted by Crippen LogP contribution is 2.28. The maximum atomic E-state index is 5.38. The summed E-state index contributed by atoms with van der Waals surface area (Å²) < 4.78 is 7.51. The van der Waals surface area contributed by atoms with Gasteiger partial charge in [0.25, 0.3) is 0 Å². The first-order valence-corrected chi connectivity index (χ1v) is 6.26. The number of rotatable bonds is 3. The third-order valence-electron chi connectivity index (χ3n) is 3.83. The van der Waals surface area contributed by atoms with E-state index in [1.807, 2.05) is 6.20 Å². The minimum Gasteiger partial charge on any atom is -0.381 e. The Hall–Kier alpha value is -0.830. The summed E-state index contributed by atoms with van der Waals surface area (Å²) >= 11 is 0. The number of hydrogen-bond acceptors (Lipinski definition) is 2. The molecule has 1 saturated heterocycles. The average Bonchev–Trinajstić information content (AvgIpc) is 2.80. The Bertz CT molecular complexity index is 337. The Morgan fingerprint density at radius 3 is 2.75 bits per heavy atom. The number of ether oxygens (including phenoxy) is 1. The maximum absolute atomic E-state index is 5.38. The summed E-state index contributed by atoms with van der Waals surface area (Å²) in [6.07, 6.45) is 7.58. The van der Waals surface area contributed by atoms with Gasteiger partial charge in [-0.15, -0.1) is 0 Å². The van der Waals surface area contributed by atoms with Crippen LogP contribution in [0, 0.1) is 0 Å². The molecule has 1 fully saturated rings. The highest BCUT2D eigenvalue weighted by Gasteiger charge is 2.22. The second kappa shape index (κ2) is 4.58. The van der Waals surface area contributed by atoms with Crippen molar-refractivity contribution in [3.05, 3.63) is 18.0 Å². The molecule has 0 saturated carbocycles. The molecule has 3 heteroatoms. The molecule has 0 radical (unpaired) electrons. The zero-order valence-electron chi connectivity index (χ0n) is 10.6. The zero-order valence-corrected chi connectivity index (χ0v) is 10.6. The highest BCUT2D eigenvalue weighted by atomic mass is 16.5. The molecule has 0 amide bonds. The summed E-state index contributed by atoms with van der Waals surface area (Å²) in [7, 11) is 0. The molecule has 90 valence electrons. The predicted octanol–water partition coefficient (Wildman–Crippen LogP) is 2.92. The molecule has 0 bridgehead atoms. The maximum Gasteiger partial charge on any atom is 0.0563 e. The minimum atomic E-state index is 0.240. The van der Waals surface area contributed by atoms with Crippen LogP contribution < -0.4 is 0 Å². The normalized spacial score (nSPS) is 18.9. The molecule has 1 aliphatic heterocycles. The minimum absolute atomic E-state index is 0.240. The number of hydrogen-bond donors (Lipinski definition) is 0. The SMILES string of the molecule is CCC(C)(C)c1cnn(C2CCOCC2)c1. The van der Waals surface area contributed by atoms with Crippen LogP contribution in [0.25, 0.3) is 0 Å². The van der Waals surface area contributed by atoms with E-state index in [2.05, 4.69) is 36.7 Å². The predicted molar refractivity (Wildman–Crippen MR) is 64.6 cm³/mol. The molecule has 3 nitrogen and oxygen atoms in total. The van der Waals surface area contributed by atoms with E-state index in [4.69, 9.17) is 4.74 Å². The molecular weight excluding hydrogens is 200 g/mol. The molecule has 16 heavy (non-hydrogen) atoms. The quantitative estimate of drug-likeness (QED) is 0.786. The van der Waals surface area contributed by atoms with Crippen molar-refractivity contribution in [1.29, 1.82) is 0 Å². The van der Waals surface area contributed by atoms with Gasteiger partial charge >= 0.3 is 0 Å². The van der Waals surface area contributed by atoms with Crippen LogP contribution in [0.1, 0.15) is 51.6 Å². The van der Waals surface area contributed by atoms with Crippen molar-refractivity contribution in [2.24, 2.45) is 0 Å². The lowest BCUT2D eigenvalue weighted by atomic mass is 9.84. The smallest absolute Gasteiger partial charge is 0.0563 e. The van der Waals surface area contributed by atoms with Gasteiger partial charge in [0.1, 0.15) is 0 Å². The van der Waals surface area contributed by atoms with Gasteiger partial charge in [-0.1, -0.05) is 20.8 Å². The van der Waals surface area contributed by atoms with Gasteiger partial charge in [0.15, 0.2) is 0 Å². The lowest BCUT2D eigenvalue weighted by molar-refractivity contribution is 0.0662. The summed E-state index contributed by atoms with van der Waals surface area (Å²) in [5.74, 6) is 0. The third-order valence-corrected chi connectivity index (χ3v) is 3.83. The van der Waals surface area contributed by atoms with E-state index in [9.17, 15) is 0 Å². The Morgan fingerprint density at radius 2 is 2.12 bits per heavy atom. The molecule has 1 aromatic heterocycles. The van der Waals surface area contributed by atoms with E-state index >= 15 is 0 Å². The Morgan fingerprint density at radius 1 is 1.44 bits per heavy atom. The van der Waals surface area contributed by atoms with Crippen LogP contribution in [0.2, 0.25) is 0 Å². The van der Waals surface area contributed by atoms with Crippen molar-refractivity contribution in [2.45, 2.75) is 51.5 Å². The van der Waals surface area contributed by atoms with E-state index in [1.165, 1.54) is 5.56 Å². The van der Waals surface area contributed by atoms with Gasteiger partial charge in [-0.2, -0.15) is 5.10 Å². The van der Waals surface area contributed by atoms with Crippen LogP contribution in [0.15, 0.2) is 12.4 Å². The van der Waals surface area contributed by atoms with Crippen molar-refractivity contribution in [2.75, 3.05) is 13.2 Å². The summed E-state index contributed by atoms with van der Waals surface area (Å²) in [5, 5.41) is 4.52. The topological polar surface area (TPSA) is 27.1 Å². The fourth-order valence-corrected chi connectivity index (χ4v) is 2.04. The summed E-state index contributed by atoms with van der Waals surface area (Å²) in [6.45, 7) is 8.52. The van der Waals surface area contributed by atoms with Crippen LogP contribution in [0.4, 0.5) is 0 Å². The Kier molecular flexibility index (Phi) is 3.33. The Balaban J connectivity index is 2.12. The largest absolute Gasteiger partial charge is 0.381 e. The summed E-state index contributed by atoms with van der Waals surface area (Å²) in [5.41, 5.74) is 1.59. The van der Waals surface area contributed by atoms with E-state index in [-0.39, 0.29) is 5.41 Å². The van der Waals surface area contributed by atoms with Gasteiger partial charge in [0.05, 0.1) is 12.2 Å². The second-order valence-electron chi connectivity index (χ2n) is 5.29. The number of aromatic nitrogens is 2. The van der Waals surface area contributed by atoms with Crippen molar-refractivity contribution < 1.29 is 4.74 Å². The molecule has 0 N–H and O–H groups in total. The van der Waals surface area contributed by atoms with E-state index in [0.717, 1.165) is 32.5 Å². The lowest BCUT2D eigenvalue weighted by Crippen LogP contribution is -2.20. The molecule has 0 spiro atoms. The van der Waals surface area contributed by atoms with Crippen LogP contribution in [-0.2, 0) is 10.2 Å². The van der Waals surface area contributed by atoms with Gasteiger partial charge in [-0.25, -0.2) is 0 Å². The van der Waals surface area contributed by atoms with Gasteiger partial charge in [-0.05, 0) is 30.2 Å². The first kappa shape index (κ1) is 11.6. The van der Waals surface area contributed by atoms with Crippen molar-refractivity contribution in [3.8, 4) is 0 Å². The molecule has 0 aromatic carbocycles. The molecule has 0 atom stereocenters. The molecule has 0 unspecified atom stereocenters. The van der Waals surface area contributed by atoms with Crippen LogP contribution in [0.3, 0.4) is 0 Å². The molecule has 2 rings (SSSR count). The fraction of sp³-hybridized carbons (Fsp3) is 0.769. The van der Waals surface area contributed by atoms with Crippen LogP contribution >= 0.6 is 0 Å². The molecule has 1 aromatic rings. The molecule has 2 heterocycles. The van der Waals surface area contributed by atoms with E-state index in [0.29, 0.717) is 6.04 Å². The van der Waals surface area contributed by atoms with Gasteiger partial charge in [0, 0.05) is 19.4 Å². The molecule has 0 aliphatic carbocycles. The van der Waals surface area contributed by atoms with Gasteiger partial charge < -0.3 is 4.74 Å². The fourth-order valence-electron chi connectivity index (χ4n) is 2.04. The highest BCUT2D eigenvalue weighted by molar-refractivity contribution is 5.16. The summed E-state index contributed by atoms with van der Waals surface area (Å²) in [6, 6.07) is 0.537. The molecule has 1 aliphatic rings. The van der Waals surface area contributed by atoms with Crippen molar-refractivity contribution in [3.63, 3.8) is 0 Å². The third kappa shape index (κ3) is 2.29. The van der Waals surface area contributed by atoms with Crippen LogP contribution in [0.5, 0.6) is 0 Å².